The van der Waals surface area contributed by atoms with Crippen LogP contribution in [0.15, 0.2) is 186 Å². The summed E-state index contributed by atoms with van der Waals surface area (Å²) in [4.78, 5) is 2.38. The topological polar surface area (TPSA) is 16.4 Å². The molecule has 2 nitrogen and oxygen atoms in total. The van der Waals surface area contributed by atoms with E-state index in [1.54, 1.807) is 0 Å². The van der Waals surface area contributed by atoms with E-state index in [9.17, 15) is 0 Å². The van der Waals surface area contributed by atoms with Crippen LogP contribution in [0.2, 0.25) is 0 Å². The number of aryl methyl sites for hydroxylation is 1. The van der Waals surface area contributed by atoms with E-state index in [0.29, 0.717) is 0 Å². The van der Waals surface area contributed by atoms with Crippen molar-refractivity contribution < 1.29 is 4.42 Å². The molecule has 0 fully saturated rings. The lowest BCUT2D eigenvalue weighted by Gasteiger charge is -2.28. The van der Waals surface area contributed by atoms with Crippen molar-refractivity contribution in [1.82, 2.24) is 0 Å². The van der Waals surface area contributed by atoms with Gasteiger partial charge in [-0.15, -0.1) is 0 Å². The first-order valence-electron chi connectivity index (χ1n) is 16.8. The van der Waals surface area contributed by atoms with Crippen molar-refractivity contribution in [2.24, 2.45) is 0 Å². The second kappa shape index (κ2) is 12.0. The van der Waals surface area contributed by atoms with Gasteiger partial charge in [0.1, 0.15) is 11.3 Å². The molecule has 49 heavy (non-hydrogen) atoms. The van der Waals surface area contributed by atoms with Crippen LogP contribution < -0.4 is 4.90 Å². The summed E-state index contributed by atoms with van der Waals surface area (Å²) in [6.45, 7) is 2.14. The molecule has 1 heterocycles. The maximum atomic E-state index is 6.32. The fraction of sp³-hybridized carbons (Fsp3) is 0.0213. The maximum Gasteiger partial charge on any atom is 0.138 e. The van der Waals surface area contributed by atoms with Crippen molar-refractivity contribution in [3.05, 3.63) is 188 Å². The summed E-state index contributed by atoms with van der Waals surface area (Å²) in [5, 5.41) is 6.15. The van der Waals surface area contributed by atoms with Gasteiger partial charge in [0.2, 0.25) is 0 Å². The van der Waals surface area contributed by atoms with Crippen LogP contribution >= 0.6 is 0 Å². The van der Waals surface area contributed by atoms with Crippen molar-refractivity contribution >= 4 is 49.6 Å². The summed E-state index contributed by atoms with van der Waals surface area (Å²) < 4.78 is 6.32. The van der Waals surface area contributed by atoms with Gasteiger partial charge in [0, 0.05) is 33.5 Å². The van der Waals surface area contributed by atoms with Crippen molar-refractivity contribution in [2.75, 3.05) is 4.90 Å². The molecule has 232 valence electrons. The van der Waals surface area contributed by atoms with Gasteiger partial charge >= 0.3 is 0 Å². The van der Waals surface area contributed by atoms with Crippen LogP contribution in [0.25, 0.3) is 66.1 Å². The first-order chi connectivity index (χ1) is 24.2. The van der Waals surface area contributed by atoms with E-state index in [1.807, 2.05) is 12.1 Å². The molecule has 0 saturated heterocycles. The highest BCUT2D eigenvalue weighted by atomic mass is 16.3. The minimum Gasteiger partial charge on any atom is -0.456 e. The summed E-state index contributed by atoms with van der Waals surface area (Å²) in [7, 11) is 0. The lowest BCUT2D eigenvalue weighted by atomic mass is 9.98. The SMILES string of the molecule is Cc1c(-c2cccc(-c3ccc(N(c4ccc5c(ccc6ccccc65)c4)c4ccccc4-c4ccccc4)cc3)c2)oc2ccccc12. The Balaban J connectivity index is 1.16. The molecule has 0 atom stereocenters. The van der Waals surface area contributed by atoms with Crippen LogP contribution in [0.3, 0.4) is 0 Å². The summed E-state index contributed by atoms with van der Waals surface area (Å²) >= 11 is 0. The molecule has 0 amide bonds. The van der Waals surface area contributed by atoms with Gasteiger partial charge in [0.05, 0.1) is 5.69 Å². The van der Waals surface area contributed by atoms with Crippen molar-refractivity contribution in [3.8, 4) is 33.6 Å². The molecule has 0 saturated carbocycles. The third-order valence-electron chi connectivity index (χ3n) is 9.64. The maximum absolute atomic E-state index is 6.32. The Labute approximate surface area is 286 Å². The Morgan fingerprint density at radius 2 is 1.06 bits per heavy atom. The molecular weight excluding hydrogens is 595 g/mol. The van der Waals surface area contributed by atoms with Crippen LogP contribution in [-0.4, -0.2) is 0 Å². The molecule has 0 bridgehead atoms. The van der Waals surface area contributed by atoms with Crippen LogP contribution in [0.4, 0.5) is 17.1 Å². The number of hydrogen-bond donors (Lipinski definition) is 0. The molecule has 1 aromatic heterocycles. The number of benzene rings is 8. The largest absolute Gasteiger partial charge is 0.456 e. The van der Waals surface area contributed by atoms with Gasteiger partial charge in [-0.2, -0.15) is 0 Å². The van der Waals surface area contributed by atoms with E-state index in [2.05, 4.69) is 182 Å². The number of fused-ring (bicyclic) bond motifs is 4. The lowest BCUT2D eigenvalue weighted by molar-refractivity contribution is 0.629. The highest BCUT2D eigenvalue weighted by molar-refractivity contribution is 6.08. The Kier molecular flexibility index (Phi) is 7.06. The fourth-order valence-corrected chi connectivity index (χ4v) is 7.19. The number of anilines is 3. The second-order valence-electron chi connectivity index (χ2n) is 12.6. The number of para-hydroxylation sites is 2. The molecule has 9 rings (SSSR count). The first kappa shape index (κ1) is 28.8. The Hall–Kier alpha value is -6.38. The third kappa shape index (κ3) is 5.15. The summed E-state index contributed by atoms with van der Waals surface area (Å²) in [6, 6.07) is 65.1. The summed E-state index contributed by atoms with van der Waals surface area (Å²) in [5.74, 6) is 0.924. The van der Waals surface area contributed by atoms with Crippen LogP contribution in [-0.2, 0) is 0 Å². The molecule has 0 N–H and O–H groups in total. The number of hydrogen-bond acceptors (Lipinski definition) is 2. The normalized spacial score (nSPS) is 11.4. The lowest BCUT2D eigenvalue weighted by Crippen LogP contribution is -2.11. The molecule has 9 aromatic rings. The molecular formula is C47H33NO. The Morgan fingerprint density at radius 1 is 0.408 bits per heavy atom. The van der Waals surface area contributed by atoms with Crippen molar-refractivity contribution in [3.63, 3.8) is 0 Å². The van der Waals surface area contributed by atoms with Gasteiger partial charge in [-0.3, -0.25) is 0 Å². The second-order valence-corrected chi connectivity index (χ2v) is 12.6. The predicted molar refractivity (Wildman–Crippen MR) is 207 cm³/mol. The van der Waals surface area contributed by atoms with Crippen LogP contribution in [0.5, 0.6) is 0 Å². The molecule has 0 spiro atoms. The summed E-state index contributed by atoms with van der Waals surface area (Å²) in [5.41, 5.74) is 11.2. The van der Waals surface area contributed by atoms with E-state index in [1.165, 1.54) is 38.2 Å². The van der Waals surface area contributed by atoms with Gasteiger partial charge in [-0.05, 0) is 87.6 Å². The Bertz CT molecular complexity index is 2610. The standard InChI is InChI=1S/C47H33NO/c1-32-41-17-8-10-21-46(41)49-47(32)38-16-11-15-36(30-38)33-24-26-39(27-25-33)48(45-20-9-7-19-44(45)34-12-3-2-4-13-34)40-28-29-43-37(31-40)23-22-35-14-5-6-18-42(35)43/h2-31H,1H3. The van der Waals surface area contributed by atoms with E-state index in [0.717, 1.165) is 50.5 Å². The van der Waals surface area contributed by atoms with Gasteiger partial charge in [0.15, 0.2) is 0 Å². The minimum absolute atomic E-state index is 0.919. The molecule has 0 radical (unpaired) electrons. The molecule has 0 aliphatic heterocycles. The average Bonchev–Trinajstić information content (AvgIpc) is 3.51. The Morgan fingerprint density at radius 3 is 1.92 bits per heavy atom. The zero-order valence-electron chi connectivity index (χ0n) is 27.2. The number of furan rings is 1. The smallest absolute Gasteiger partial charge is 0.138 e. The van der Waals surface area contributed by atoms with Crippen molar-refractivity contribution in [1.29, 1.82) is 0 Å². The van der Waals surface area contributed by atoms with Crippen molar-refractivity contribution in [2.45, 2.75) is 6.92 Å². The van der Waals surface area contributed by atoms with Crippen LogP contribution in [0, 0.1) is 6.92 Å². The van der Waals surface area contributed by atoms with E-state index in [-0.39, 0.29) is 0 Å². The fourth-order valence-electron chi connectivity index (χ4n) is 7.19. The first-order valence-corrected chi connectivity index (χ1v) is 16.8. The van der Waals surface area contributed by atoms with E-state index >= 15 is 0 Å². The van der Waals surface area contributed by atoms with Gasteiger partial charge < -0.3 is 9.32 Å². The molecule has 0 aliphatic carbocycles. The highest BCUT2D eigenvalue weighted by Gasteiger charge is 2.18. The van der Waals surface area contributed by atoms with Crippen LogP contribution in [0.1, 0.15) is 5.56 Å². The zero-order chi connectivity index (χ0) is 32.7. The molecule has 0 aliphatic rings. The highest BCUT2D eigenvalue weighted by Crippen LogP contribution is 2.43. The molecule has 2 heteroatoms. The summed E-state index contributed by atoms with van der Waals surface area (Å²) in [6.07, 6.45) is 0. The average molecular weight is 628 g/mol. The number of nitrogens with zero attached hydrogens (tertiary/aromatic N) is 1. The predicted octanol–water partition coefficient (Wildman–Crippen LogP) is 13.5. The number of rotatable bonds is 6. The quantitative estimate of drug-likeness (QED) is 0.171. The van der Waals surface area contributed by atoms with E-state index in [4.69, 9.17) is 4.42 Å². The molecule has 0 unspecified atom stereocenters. The monoisotopic (exact) mass is 627 g/mol. The molecule has 8 aromatic carbocycles. The minimum atomic E-state index is 0.919. The van der Waals surface area contributed by atoms with Gasteiger partial charge in [0.25, 0.3) is 0 Å². The van der Waals surface area contributed by atoms with Gasteiger partial charge in [-0.25, -0.2) is 0 Å². The van der Waals surface area contributed by atoms with E-state index < -0.39 is 0 Å². The zero-order valence-corrected chi connectivity index (χ0v) is 27.2. The van der Waals surface area contributed by atoms with Gasteiger partial charge in [-0.1, -0.05) is 140 Å². The third-order valence-corrected chi connectivity index (χ3v) is 9.64.